The highest BCUT2D eigenvalue weighted by Crippen LogP contribution is 2.31. The Bertz CT molecular complexity index is 1060. The van der Waals surface area contributed by atoms with Crippen molar-refractivity contribution in [2.75, 3.05) is 14.2 Å². The highest BCUT2D eigenvalue weighted by molar-refractivity contribution is 9.10. The molecule has 0 spiro atoms. The number of nitrogens with zero attached hydrogens (tertiary/aromatic N) is 5. The lowest BCUT2D eigenvalue weighted by Gasteiger charge is -2.08. The Hall–Kier alpha value is -2.87. The summed E-state index contributed by atoms with van der Waals surface area (Å²) in [7, 11) is 3.25. The minimum atomic E-state index is 0.517. The average molecular weight is 414 g/mol. The first-order valence-electron chi connectivity index (χ1n) is 7.92. The van der Waals surface area contributed by atoms with Crippen molar-refractivity contribution in [1.82, 2.24) is 24.4 Å². The molecule has 0 bridgehead atoms. The van der Waals surface area contributed by atoms with Crippen molar-refractivity contribution in [3.8, 4) is 22.9 Å². The average Bonchev–Trinajstić information content (AvgIpc) is 3.33. The van der Waals surface area contributed by atoms with Gasteiger partial charge in [-0.25, -0.2) is 9.50 Å². The van der Waals surface area contributed by atoms with E-state index in [1.54, 1.807) is 31.1 Å². The van der Waals surface area contributed by atoms with Gasteiger partial charge in [-0.05, 0) is 39.7 Å². The number of methoxy groups -OCH3 is 2. The zero-order valence-electron chi connectivity index (χ0n) is 14.3. The van der Waals surface area contributed by atoms with Gasteiger partial charge in [-0.1, -0.05) is 12.1 Å². The predicted molar refractivity (Wildman–Crippen MR) is 101 cm³/mol. The van der Waals surface area contributed by atoms with Crippen LogP contribution in [0.3, 0.4) is 0 Å². The second-order valence-electron chi connectivity index (χ2n) is 5.66. The first-order valence-corrected chi connectivity index (χ1v) is 8.72. The third-order valence-electron chi connectivity index (χ3n) is 4.06. The largest absolute Gasteiger partial charge is 0.497 e. The fourth-order valence-corrected chi connectivity index (χ4v) is 3.35. The van der Waals surface area contributed by atoms with Crippen LogP contribution in [0, 0.1) is 0 Å². The molecule has 0 saturated heterocycles. The van der Waals surface area contributed by atoms with Gasteiger partial charge in [-0.3, -0.25) is 4.68 Å². The lowest BCUT2D eigenvalue weighted by Crippen LogP contribution is -2.01. The highest BCUT2D eigenvalue weighted by Gasteiger charge is 2.16. The van der Waals surface area contributed by atoms with Gasteiger partial charge in [-0.2, -0.15) is 10.2 Å². The summed E-state index contributed by atoms with van der Waals surface area (Å²) in [6, 6.07) is 9.77. The second kappa shape index (κ2) is 6.80. The van der Waals surface area contributed by atoms with Gasteiger partial charge in [0.05, 0.1) is 33.2 Å². The van der Waals surface area contributed by atoms with Crippen LogP contribution in [0.5, 0.6) is 11.6 Å². The molecule has 0 fully saturated rings. The Balaban J connectivity index is 1.67. The van der Waals surface area contributed by atoms with Crippen LogP contribution in [0.15, 0.2) is 53.5 Å². The topological polar surface area (TPSA) is 66.5 Å². The molecule has 8 heteroatoms. The molecule has 0 radical (unpaired) electrons. The molecule has 1 aromatic carbocycles. The van der Waals surface area contributed by atoms with Gasteiger partial charge in [0.25, 0.3) is 0 Å². The van der Waals surface area contributed by atoms with Gasteiger partial charge < -0.3 is 9.47 Å². The maximum atomic E-state index is 5.40. The Morgan fingerprint density at radius 3 is 2.58 bits per heavy atom. The maximum Gasteiger partial charge on any atom is 0.240 e. The molecule has 26 heavy (non-hydrogen) atoms. The molecule has 0 aliphatic heterocycles. The summed E-state index contributed by atoms with van der Waals surface area (Å²) in [5.74, 6) is 1.35. The molecule has 0 aliphatic rings. The van der Waals surface area contributed by atoms with Crippen molar-refractivity contribution in [3.63, 3.8) is 0 Å². The van der Waals surface area contributed by atoms with E-state index in [1.807, 2.05) is 41.2 Å². The van der Waals surface area contributed by atoms with Crippen molar-refractivity contribution in [2.24, 2.45) is 0 Å². The molecule has 0 saturated carbocycles. The molecular formula is C18H16BrN5O2. The second-order valence-corrected chi connectivity index (χ2v) is 6.41. The van der Waals surface area contributed by atoms with E-state index in [2.05, 4.69) is 31.1 Å². The van der Waals surface area contributed by atoms with Gasteiger partial charge in [-0.15, -0.1) is 0 Å². The van der Waals surface area contributed by atoms with Crippen molar-refractivity contribution in [2.45, 2.75) is 6.54 Å². The standard InChI is InChI=1S/C18H16BrN5O2/c1-25-14-5-3-12(4-6-14)10-23-11-13(9-21-23)16-17(19)24-15(7-8-20-24)18(22-16)26-2/h3-9,11H,10H2,1-2H3. The Kier molecular flexibility index (Phi) is 4.34. The SMILES string of the molecule is COc1ccc(Cn2cc(-c3nc(OC)c4ccnn4c3Br)cn2)cc1. The number of hydrogen-bond acceptors (Lipinski definition) is 5. The third kappa shape index (κ3) is 2.92. The van der Waals surface area contributed by atoms with Crippen LogP contribution >= 0.6 is 15.9 Å². The summed E-state index contributed by atoms with van der Waals surface area (Å²) in [5, 5.41) is 8.76. The van der Waals surface area contributed by atoms with Gasteiger partial charge >= 0.3 is 0 Å². The van der Waals surface area contributed by atoms with E-state index < -0.39 is 0 Å². The van der Waals surface area contributed by atoms with E-state index in [-0.39, 0.29) is 0 Å². The molecule has 4 rings (SSSR count). The number of hydrogen-bond donors (Lipinski definition) is 0. The van der Waals surface area contributed by atoms with Crippen LogP contribution in [0.25, 0.3) is 16.8 Å². The molecule has 3 aromatic heterocycles. The molecule has 3 heterocycles. The summed E-state index contributed by atoms with van der Waals surface area (Å²) < 4.78 is 15.0. The fourth-order valence-electron chi connectivity index (χ4n) is 2.75. The van der Waals surface area contributed by atoms with Crippen molar-refractivity contribution in [3.05, 3.63) is 59.1 Å². The van der Waals surface area contributed by atoms with E-state index in [0.717, 1.165) is 32.7 Å². The van der Waals surface area contributed by atoms with E-state index in [1.165, 1.54) is 0 Å². The fraction of sp³-hybridized carbons (Fsp3) is 0.167. The van der Waals surface area contributed by atoms with Gasteiger partial charge in [0.2, 0.25) is 5.88 Å². The number of aromatic nitrogens is 5. The molecule has 132 valence electrons. The van der Waals surface area contributed by atoms with Crippen LogP contribution in [0.4, 0.5) is 0 Å². The number of ether oxygens (including phenoxy) is 2. The lowest BCUT2D eigenvalue weighted by atomic mass is 10.2. The predicted octanol–water partition coefficient (Wildman–Crippen LogP) is 3.42. The van der Waals surface area contributed by atoms with Gasteiger partial charge in [0.15, 0.2) is 0 Å². The summed E-state index contributed by atoms with van der Waals surface area (Å²) in [6.45, 7) is 0.656. The molecule has 0 amide bonds. The van der Waals surface area contributed by atoms with E-state index in [4.69, 9.17) is 9.47 Å². The molecule has 0 aliphatic carbocycles. The minimum Gasteiger partial charge on any atom is -0.497 e. The number of halogens is 1. The Morgan fingerprint density at radius 1 is 1.04 bits per heavy atom. The first kappa shape index (κ1) is 16.6. The molecular weight excluding hydrogens is 398 g/mol. The van der Waals surface area contributed by atoms with Crippen molar-refractivity contribution >= 4 is 21.4 Å². The Morgan fingerprint density at radius 2 is 1.85 bits per heavy atom. The van der Waals surface area contributed by atoms with Crippen LogP contribution in [-0.4, -0.2) is 38.6 Å². The first-order chi connectivity index (χ1) is 12.7. The van der Waals surface area contributed by atoms with E-state index >= 15 is 0 Å². The number of fused-ring (bicyclic) bond motifs is 1. The highest BCUT2D eigenvalue weighted by atomic mass is 79.9. The van der Waals surface area contributed by atoms with Gasteiger partial charge in [0.1, 0.15) is 21.6 Å². The van der Waals surface area contributed by atoms with E-state index in [0.29, 0.717) is 12.4 Å². The minimum absolute atomic E-state index is 0.517. The molecule has 0 unspecified atom stereocenters. The van der Waals surface area contributed by atoms with Gasteiger partial charge in [0, 0.05) is 11.8 Å². The van der Waals surface area contributed by atoms with Crippen LogP contribution < -0.4 is 9.47 Å². The zero-order chi connectivity index (χ0) is 18.1. The summed E-state index contributed by atoms with van der Waals surface area (Å²) >= 11 is 3.58. The third-order valence-corrected chi connectivity index (χ3v) is 4.77. The van der Waals surface area contributed by atoms with Crippen LogP contribution in [-0.2, 0) is 6.54 Å². The molecule has 7 nitrogen and oxygen atoms in total. The zero-order valence-corrected chi connectivity index (χ0v) is 15.8. The summed E-state index contributed by atoms with van der Waals surface area (Å²) in [4.78, 5) is 4.60. The lowest BCUT2D eigenvalue weighted by molar-refractivity contribution is 0.401. The van der Waals surface area contributed by atoms with Crippen molar-refractivity contribution < 1.29 is 9.47 Å². The number of benzene rings is 1. The van der Waals surface area contributed by atoms with Crippen LogP contribution in [0.2, 0.25) is 0 Å². The summed E-state index contributed by atoms with van der Waals surface area (Å²) in [5.41, 5.74) is 3.53. The van der Waals surface area contributed by atoms with Crippen LogP contribution in [0.1, 0.15) is 5.56 Å². The molecule has 0 atom stereocenters. The maximum absolute atomic E-state index is 5.40. The molecule has 0 N–H and O–H groups in total. The normalized spacial score (nSPS) is 11.0. The van der Waals surface area contributed by atoms with Crippen molar-refractivity contribution in [1.29, 1.82) is 0 Å². The number of rotatable bonds is 5. The monoisotopic (exact) mass is 413 g/mol. The summed E-state index contributed by atoms with van der Waals surface area (Å²) in [6.07, 6.45) is 5.44. The quantitative estimate of drug-likeness (QED) is 0.501. The Labute approximate surface area is 158 Å². The molecule has 4 aromatic rings. The van der Waals surface area contributed by atoms with E-state index in [9.17, 15) is 0 Å². The smallest absolute Gasteiger partial charge is 0.240 e.